The summed E-state index contributed by atoms with van der Waals surface area (Å²) in [6, 6.07) is 0. The lowest BCUT2D eigenvalue weighted by Crippen LogP contribution is -2.11. The quantitative estimate of drug-likeness (QED) is 0.717. The number of carbonyl (C=O) groups is 1. The molecule has 1 aromatic heterocycles. The summed E-state index contributed by atoms with van der Waals surface area (Å²) in [5, 5.41) is 3.38. The maximum absolute atomic E-state index is 10.4. The fourth-order valence-electron chi connectivity index (χ4n) is 1.07. The monoisotopic (exact) mass is 228 g/mol. The van der Waals surface area contributed by atoms with Gasteiger partial charge in [-0.05, 0) is 12.8 Å². The smallest absolute Gasteiger partial charge is 0.217 e. The van der Waals surface area contributed by atoms with Crippen molar-refractivity contribution in [1.29, 1.82) is 0 Å². The molecule has 0 fully saturated rings. The van der Waals surface area contributed by atoms with E-state index in [1.165, 1.54) is 6.20 Å². The molecule has 0 saturated heterocycles. The Morgan fingerprint density at radius 1 is 1.40 bits per heavy atom. The average molecular weight is 229 g/mol. The number of amides is 1. The number of aromatic nitrogens is 2. The van der Waals surface area contributed by atoms with Crippen molar-refractivity contribution in [2.45, 2.75) is 19.3 Å². The highest BCUT2D eigenvalue weighted by Crippen LogP contribution is 2.13. The Morgan fingerprint density at radius 3 is 2.80 bits per heavy atom. The van der Waals surface area contributed by atoms with Gasteiger partial charge in [0.05, 0.1) is 0 Å². The zero-order chi connectivity index (χ0) is 11.1. The standard InChI is InChI=1S/C9H13ClN4O/c10-8-9(14-6-5-12-8)13-4-2-1-3-7(11)15/h5-6H,1-4H2,(H2,11,15)(H,13,14). The number of halogens is 1. The second kappa shape index (κ2) is 6.19. The number of anilines is 1. The van der Waals surface area contributed by atoms with Gasteiger partial charge in [-0.25, -0.2) is 9.97 Å². The van der Waals surface area contributed by atoms with Gasteiger partial charge in [-0.2, -0.15) is 0 Å². The Balaban J connectivity index is 2.21. The van der Waals surface area contributed by atoms with Gasteiger partial charge in [0.2, 0.25) is 5.91 Å². The van der Waals surface area contributed by atoms with Crippen molar-refractivity contribution >= 4 is 23.3 Å². The summed E-state index contributed by atoms with van der Waals surface area (Å²) in [6.07, 6.45) is 5.12. The van der Waals surface area contributed by atoms with Gasteiger partial charge in [0.1, 0.15) is 0 Å². The first-order valence-electron chi connectivity index (χ1n) is 4.69. The molecule has 1 amide bonds. The van der Waals surface area contributed by atoms with Gasteiger partial charge in [0, 0.05) is 25.4 Å². The van der Waals surface area contributed by atoms with Crippen LogP contribution in [0.4, 0.5) is 5.82 Å². The number of nitrogens with one attached hydrogen (secondary N) is 1. The van der Waals surface area contributed by atoms with Crippen LogP contribution in [0.3, 0.4) is 0 Å². The van der Waals surface area contributed by atoms with Gasteiger partial charge in [-0.3, -0.25) is 4.79 Å². The first-order valence-corrected chi connectivity index (χ1v) is 5.06. The van der Waals surface area contributed by atoms with Crippen LogP contribution in [0.15, 0.2) is 12.4 Å². The minimum atomic E-state index is -0.271. The van der Waals surface area contributed by atoms with E-state index in [9.17, 15) is 4.79 Å². The van der Waals surface area contributed by atoms with E-state index < -0.39 is 0 Å². The van der Waals surface area contributed by atoms with Crippen molar-refractivity contribution in [3.63, 3.8) is 0 Å². The molecule has 1 aromatic rings. The summed E-state index contributed by atoms with van der Waals surface area (Å²) in [7, 11) is 0. The maximum Gasteiger partial charge on any atom is 0.217 e. The van der Waals surface area contributed by atoms with Crippen molar-refractivity contribution in [3.05, 3.63) is 17.5 Å². The minimum Gasteiger partial charge on any atom is -0.370 e. The molecule has 1 rings (SSSR count). The highest BCUT2D eigenvalue weighted by molar-refractivity contribution is 6.31. The van der Waals surface area contributed by atoms with Gasteiger partial charge in [-0.1, -0.05) is 11.6 Å². The van der Waals surface area contributed by atoms with Crippen LogP contribution in [0.25, 0.3) is 0 Å². The van der Waals surface area contributed by atoms with Crippen molar-refractivity contribution in [2.75, 3.05) is 11.9 Å². The normalized spacial score (nSPS) is 9.93. The fourth-order valence-corrected chi connectivity index (χ4v) is 1.24. The van der Waals surface area contributed by atoms with Crippen molar-refractivity contribution in [1.82, 2.24) is 9.97 Å². The lowest BCUT2D eigenvalue weighted by atomic mass is 10.2. The molecular weight excluding hydrogens is 216 g/mol. The Labute approximate surface area is 93.0 Å². The van der Waals surface area contributed by atoms with Crippen LogP contribution in [0.2, 0.25) is 5.15 Å². The van der Waals surface area contributed by atoms with Crippen LogP contribution in [0, 0.1) is 0 Å². The van der Waals surface area contributed by atoms with E-state index in [0.717, 1.165) is 12.8 Å². The summed E-state index contributed by atoms with van der Waals surface area (Å²) in [5.41, 5.74) is 5.01. The largest absolute Gasteiger partial charge is 0.370 e. The Bertz CT molecular complexity index is 332. The summed E-state index contributed by atoms with van der Waals surface area (Å²) in [4.78, 5) is 18.3. The molecular formula is C9H13ClN4O. The third-order valence-corrected chi connectivity index (χ3v) is 2.07. The molecule has 0 bridgehead atoms. The van der Waals surface area contributed by atoms with Crippen LogP contribution in [-0.2, 0) is 4.79 Å². The van der Waals surface area contributed by atoms with Crippen LogP contribution in [0.1, 0.15) is 19.3 Å². The van der Waals surface area contributed by atoms with Gasteiger partial charge >= 0.3 is 0 Å². The number of carbonyl (C=O) groups excluding carboxylic acids is 1. The molecule has 3 N–H and O–H groups in total. The van der Waals surface area contributed by atoms with Crippen molar-refractivity contribution in [2.24, 2.45) is 5.73 Å². The first-order chi connectivity index (χ1) is 7.20. The van der Waals surface area contributed by atoms with Crippen molar-refractivity contribution < 1.29 is 4.79 Å². The maximum atomic E-state index is 10.4. The molecule has 0 saturated carbocycles. The number of primary amides is 1. The van der Waals surface area contributed by atoms with E-state index in [0.29, 0.717) is 23.9 Å². The summed E-state index contributed by atoms with van der Waals surface area (Å²) >= 11 is 5.78. The van der Waals surface area contributed by atoms with Crippen LogP contribution >= 0.6 is 11.6 Å². The number of nitrogens with zero attached hydrogens (tertiary/aromatic N) is 2. The second-order valence-electron chi connectivity index (χ2n) is 3.05. The molecule has 0 unspecified atom stereocenters. The zero-order valence-corrected chi connectivity index (χ0v) is 9.00. The van der Waals surface area contributed by atoms with Crippen molar-refractivity contribution in [3.8, 4) is 0 Å². The van der Waals surface area contributed by atoms with E-state index in [2.05, 4.69) is 15.3 Å². The number of hydrogen-bond acceptors (Lipinski definition) is 4. The molecule has 0 aliphatic carbocycles. The molecule has 82 valence electrons. The lowest BCUT2D eigenvalue weighted by Gasteiger charge is -2.05. The first kappa shape index (κ1) is 11.7. The third kappa shape index (κ3) is 4.60. The highest BCUT2D eigenvalue weighted by Gasteiger charge is 2.00. The van der Waals surface area contributed by atoms with E-state index in [1.54, 1.807) is 6.20 Å². The Morgan fingerprint density at radius 2 is 2.13 bits per heavy atom. The van der Waals surface area contributed by atoms with E-state index in [4.69, 9.17) is 17.3 Å². The van der Waals surface area contributed by atoms with Gasteiger partial charge in [0.25, 0.3) is 0 Å². The molecule has 0 radical (unpaired) electrons. The van der Waals surface area contributed by atoms with Gasteiger partial charge in [-0.15, -0.1) is 0 Å². The number of nitrogens with two attached hydrogens (primary N) is 1. The SMILES string of the molecule is NC(=O)CCCCNc1nccnc1Cl. The molecule has 0 aliphatic heterocycles. The number of hydrogen-bond donors (Lipinski definition) is 2. The molecule has 1 heterocycles. The second-order valence-corrected chi connectivity index (χ2v) is 3.40. The topological polar surface area (TPSA) is 80.9 Å². The van der Waals surface area contributed by atoms with Gasteiger partial charge < -0.3 is 11.1 Å². The molecule has 0 spiro atoms. The van der Waals surface area contributed by atoms with Gasteiger partial charge in [0.15, 0.2) is 11.0 Å². The van der Waals surface area contributed by atoms with Crippen LogP contribution < -0.4 is 11.1 Å². The van der Waals surface area contributed by atoms with E-state index in [-0.39, 0.29) is 5.91 Å². The molecule has 5 nitrogen and oxygen atoms in total. The summed E-state index contributed by atoms with van der Waals surface area (Å²) in [5.74, 6) is 0.297. The fraction of sp³-hybridized carbons (Fsp3) is 0.444. The zero-order valence-electron chi connectivity index (χ0n) is 8.24. The summed E-state index contributed by atoms with van der Waals surface area (Å²) < 4.78 is 0. The van der Waals surface area contributed by atoms with Crippen LogP contribution in [0.5, 0.6) is 0 Å². The molecule has 0 aromatic carbocycles. The number of rotatable bonds is 6. The molecule has 0 aliphatic rings. The highest BCUT2D eigenvalue weighted by atomic mass is 35.5. The Hall–Kier alpha value is -1.36. The third-order valence-electron chi connectivity index (χ3n) is 1.80. The molecule has 15 heavy (non-hydrogen) atoms. The van der Waals surface area contributed by atoms with E-state index >= 15 is 0 Å². The lowest BCUT2D eigenvalue weighted by molar-refractivity contribution is -0.118. The Kier molecular flexibility index (Phi) is 4.83. The molecule has 6 heteroatoms. The predicted octanol–water partition coefficient (Wildman–Crippen LogP) is 1.20. The molecule has 0 atom stereocenters. The van der Waals surface area contributed by atoms with E-state index in [1.807, 2.05) is 0 Å². The number of unbranched alkanes of at least 4 members (excludes halogenated alkanes) is 1. The minimum absolute atomic E-state index is 0.271. The average Bonchev–Trinajstić information content (AvgIpc) is 2.20. The predicted molar refractivity (Wildman–Crippen MR) is 58.6 cm³/mol. The summed E-state index contributed by atoms with van der Waals surface area (Å²) in [6.45, 7) is 0.700. The van der Waals surface area contributed by atoms with Crippen LogP contribution in [-0.4, -0.2) is 22.4 Å².